The lowest BCUT2D eigenvalue weighted by atomic mass is 9.99. The third-order valence-corrected chi connectivity index (χ3v) is 5.46. The van der Waals surface area contributed by atoms with Gasteiger partial charge in [-0.3, -0.25) is 14.5 Å². The van der Waals surface area contributed by atoms with Gasteiger partial charge in [-0.2, -0.15) is 0 Å². The van der Waals surface area contributed by atoms with E-state index in [1.165, 1.54) is 0 Å². The highest BCUT2D eigenvalue weighted by Gasteiger charge is 2.28. The largest absolute Gasteiger partial charge is 0.342 e. The quantitative estimate of drug-likeness (QED) is 0.850. The molecule has 2 amide bonds. The second-order valence-electron chi connectivity index (χ2n) is 6.27. The number of rotatable bonds is 3. The maximum absolute atomic E-state index is 12.4. The number of nitrogens with zero attached hydrogens (tertiary/aromatic N) is 3. The molecule has 0 spiro atoms. The van der Waals surface area contributed by atoms with Crippen molar-refractivity contribution in [1.29, 1.82) is 0 Å². The topological polar surface area (TPSA) is 43.9 Å². The molecule has 3 heterocycles. The molecule has 22 heavy (non-hydrogen) atoms. The van der Waals surface area contributed by atoms with E-state index in [1.807, 2.05) is 32.2 Å². The van der Waals surface area contributed by atoms with Crippen molar-refractivity contribution in [2.24, 2.45) is 5.92 Å². The van der Waals surface area contributed by atoms with Gasteiger partial charge in [0.25, 0.3) is 0 Å². The SMILES string of the molecule is CC1CCN(C(=O)CN2CCN(c3cccs3)C(=O)C2)CC1. The molecule has 0 unspecified atom stereocenters. The molecule has 0 aliphatic carbocycles. The summed E-state index contributed by atoms with van der Waals surface area (Å²) in [7, 11) is 0. The first-order valence-corrected chi connectivity index (χ1v) is 8.85. The van der Waals surface area contributed by atoms with E-state index in [2.05, 4.69) is 6.92 Å². The standard InChI is InChI=1S/C16H23N3O2S/c1-13-4-6-18(7-5-13)14(20)11-17-8-9-19(15(21)12-17)16-3-2-10-22-16/h2-3,10,13H,4-9,11-12H2,1H3. The van der Waals surface area contributed by atoms with Crippen molar-refractivity contribution < 1.29 is 9.59 Å². The van der Waals surface area contributed by atoms with Crippen molar-refractivity contribution in [2.75, 3.05) is 44.2 Å². The lowest BCUT2D eigenvalue weighted by Crippen LogP contribution is -2.53. The molecule has 2 fully saturated rings. The highest BCUT2D eigenvalue weighted by atomic mass is 32.1. The van der Waals surface area contributed by atoms with E-state index >= 15 is 0 Å². The van der Waals surface area contributed by atoms with Crippen molar-refractivity contribution in [3.8, 4) is 0 Å². The summed E-state index contributed by atoms with van der Waals surface area (Å²) in [5, 5.41) is 2.98. The van der Waals surface area contributed by atoms with Gasteiger partial charge in [0, 0.05) is 26.2 Å². The maximum atomic E-state index is 12.4. The second-order valence-corrected chi connectivity index (χ2v) is 7.20. The van der Waals surface area contributed by atoms with Crippen LogP contribution in [0.3, 0.4) is 0 Å². The van der Waals surface area contributed by atoms with Gasteiger partial charge >= 0.3 is 0 Å². The van der Waals surface area contributed by atoms with Crippen LogP contribution in [0, 0.1) is 5.92 Å². The van der Waals surface area contributed by atoms with Crippen molar-refractivity contribution in [3.05, 3.63) is 17.5 Å². The fourth-order valence-electron chi connectivity index (χ4n) is 3.06. The molecule has 2 aliphatic rings. The van der Waals surface area contributed by atoms with Gasteiger partial charge in [-0.05, 0) is 36.3 Å². The number of carbonyl (C=O) groups excluding carboxylic acids is 2. The zero-order valence-electron chi connectivity index (χ0n) is 13.0. The summed E-state index contributed by atoms with van der Waals surface area (Å²) in [6, 6.07) is 3.93. The minimum atomic E-state index is 0.0915. The Balaban J connectivity index is 1.50. The lowest BCUT2D eigenvalue weighted by molar-refractivity contribution is -0.134. The van der Waals surface area contributed by atoms with Gasteiger partial charge in [-0.25, -0.2) is 0 Å². The Labute approximate surface area is 135 Å². The summed E-state index contributed by atoms with van der Waals surface area (Å²) < 4.78 is 0. The van der Waals surface area contributed by atoms with Crippen LogP contribution in [0.15, 0.2) is 17.5 Å². The Morgan fingerprint density at radius 2 is 2.05 bits per heavy atom. The number of piperidine rings is 1. The molecule has 2 aliphatic heterocycles. The molecule has 0 saturated carbocycles. The average molecular weight is 321 g/mol. The van der Waals surface area contributed by atoms with Crippen LogP contribution in [0.2, 0.25) is 0 Å². The molecular formula is C16H23N3O2S. The molecule has 3 rings (SSSR count). The summed E-state index contributed by atoms with van der Waals surface area (Å²) in [6.45, 7) is 6.12. The van der Waals surface area contributed by atoms with Gasteiger partial charge in [0.1, 0.15) is 0 Å². The Bertz CT molecular complexity index is 524. The highest BCUT2D eigenvalue weighted by Crippen LogP contribution is 2.23. The molecule has 0 bridgehead atoms. The van der Waals surface area contributed by atoms with Gasteiger partial charge in [0.05, 0.1) is 18.1 Å². The monoisotopic (exact) mass is 321 g/mol. The fourth-order valence-corrected chi connectivity index (χ4v) is 3.84. The van der Waals surface area contributed by atoms with Crippen LogP contribution in [0.5, 0.6) is 0 Å². The van der Waals surface area contributed by atoms with E-state index in [9.17, 15) is 9.59 Å². The van der Waals surface area contributed by atoms with Crippen LogP contribution >= 0.6 is 11.3 Å². The number of thiophene rings is 1. The van der Waals surface area contributed by atoms with Gasteiger partial charge < -0.3 is 9.80 Å². The Kier molecular flexibility index (Phi) is 4.78. The Morgan fingerprint density at radius 1 is 1.27 bits per heavy atom. The highest BCUT2D eigenvalue weighted by molar-refractivity contribution is 7.14. The van der Waals surface area contributed by atoms with Gasteiger partial charge in [0.15, 0.2) is 0 Å². The Hall–Kier alpha value is -1.40. The van der Waals surface area contributed by atoms with Crippen LogP contribution in [0.4, 0.5) is 5.00 Å². The summed E-state index contributed by atoms with van der Waals surface area (Å²) in [5.41, 5.74) is 0. The number of piperazine rings is 1. The number of carbonyl (C=O) groups is 2. The molecule has 1 aromatic rings. The minimum absolute atomic E-state index is 0.0915. The van der Waals surface area contributed by atoms with Crippen LogP contribution in [-0.2, 0) is 9.59 Å². The zero-order valence-corrected chi connectivity index (χ0v) is 13.8. The van der Waals surface area contributed by atoms with Crippen LogP contribution in [0.25, 0.3) is 0 Å². The summed E-state index contributed by atoms with van der Waals surface area (Å²) in [4.78, 5) is 30.4. The predicted octanol–water partition coefficient (Wildman–Crippen LogP) is 1.66. The summed E-state index contributed by atoms with van der Waals surface area (Å²) in [5.74, 6) is 0.984. The Morgan fingerprint density at radius 3 is 2.68 bits per heavy atom. The molecule has 5 nitrogen and oxygen atoms in total. The van der Waals surface area contributed by atoms with E-state index in [0.717, 1.165) is 43.4 Å². The van der Waals surface area contributed by atoms with Crippen molar-refractivity contribution in [2.45, 2.75) is 19.8 Å². The maximum Gasteiger partial charge on any atom is 0.241 e. The molecular weight excluding hydrogens is 298 g/mol. The molecule has 1 aromatic heterocycles. The number of likely N-dealkylation sites (tertiary alicyclic amines) is 1. The molecule has 6 heteroatoms. The predicted molar refractivity (Wildman–Crippen MR) is 88.1 cm³/mol. The minimum Gasteiger partial charge on any atom is -0.342 e. The van der Waals surface area contributed by atoms with Crippen molar-refractivity contribution >= 4 is 28.2 Å². The smallest absolute Gasteiger partial charge is 0.241 e. The van der Waals surface area contributed by atoms with E-state index in [4.69, 9.17) is 0 Å². The van der Waals surface area contributed by atoms with Crippen molar-refractivity contribution in [3.63, 3.8) is 0 Å². The van der Waals surface area contributed by atoms with Crippen LogP contribution < -0.4 is 4.90 Å². The van der Waals surface area contributed by atoms with Crippen LogP contribution in [0.1, 0.15) is 19.8 Å². The second kappa shape index (κ2) is 6.79. The first-order valence-electron chi connectivity index (χ1n) is 7.97. The van der Waals surface area contributed by atoms with Gasteiger partial charge in [-0.15, -0.1) is 11.3 Å². The third-order valence-electron chi connectivity index (χ3n) is 4.57. The van der Waals surface area contributed by atoms with E-state index in [0.29, 0.717) is 19.6 Å². The summed E-state index contributed by atoms with van der Waals surface area (Å²) >= 11 is 1.58. The zero-order chi connectivity index (χ0) is 15.5. The third kappa shape index (κ3) is 3.50. The fraction of sp³-hybridized carbons (Fsp3) is 0.625. The average Bonchev–Trinajstić information content (AvgIpc) is 3.02. The number of hydrogen-bond donors (Lipinski definition) is 0. The number of hydrogen-bond acceptors (Lipinski definition) is 4. The van der Waals surface area contributed by atoms with Gasteiger partial charge in [0.2, 0.25) is 11.8 Å². The molecule has 0 atom stereocenters. The molecule has 0 aromatic carbocycles. The van der Waals surface area contributed by atoms with Crippen molar-refractivity contribution in [1.82, 2.24) is 9.80 Å². The molecule has 0 N–H and O–H groups in total. The van der Waals surface area contributed by atoms with E-state index in [1.54, 1.807) is 11.3 Å². The van der Waals surface area contributed by atoms with E-state index < -0.39 is 0 Å². The molecule has 0 radical (unpaired) electrons. The van der Waals surface area contributed by atoms with Crippen LogP contribution in [-0.4, -0.2) is 60.9 Å². The first-order chi connectivity index (χ1) is 10.6. The van der Waals surface area contributed by atoms with E-state index in [-0.39, 0.29) is 11.8 Å². The normalized spacial score (nSPS) is 21.4. The summed E-state index contributed by atoms with van der Waals surface area (Å²) in [6.07, 6.45) is 2.19. The number of amides is 2. The number of anilines is 1. The molecule has 120 valence electrons. The first kappa shape index (κ1) is 15.5. The lowest BCUT2D eigenvalue weighted by Gasteiger charge is -2.35. The van der Waals surface area contributed by atoms with Gasteiger partial charge in [-0.1, -0.05) is 6.92 Å². The molecule has 2 saturated heterocycles.